The van der Waals surface area contributed by atoms with Gasteiger partial charge < -0.3 is 27.8 Å². The lowest BCUT2D eigenvalue weighted by atomic mass is 9.81. The number of esters is 1. The van der Waals surface area contributed by atoms with Gasteiger partial charge in [0.2, 0.25) is 0 Å². The van der Waals surface area contributed by atoms with Gasteiger partial charge >= 0.3 is 5.97 Å². The third-order valence-electron chi connectivity index (χ3n) is 8.60. The minimum absolute atomic E-state index is 0.0213. The van der Waals surface area contributed by atoms with Crippen molar-refractivity contribution in [3.63, 3.8) is 0 Å². The van der Waals surface area contributed by atoms with Crippen LogP contribution in [0.25, 0.3) is 0 Å². The molecule has 7 nitrogen and oxygen atoms in total. The summed E-state index contributed by atoms with van der Waals surface area (Å²) in [6.07, 6.45) is -2.36. The molecule has 1 heterocycles. The molecule has 0 aliphatic carbocycles. The molecule has 4 rings (SSSR count). The third-order valence-corrected chi connectivity index (χ3v) is 14.6. The van der Waals surface area contributed by atoms with Gasteiger partial charge in [-0.05, 0) is 54.5 Å². The highest BCUT2D eigenvalue weighted by atomic mass is 28.4. The van der Waals surface area contributed by atoms with Crippen LogP contribution in [0.2, 0.25) is 24.7 Å². The van der Waals surface area contributed by atoms with Crippen LogP contribution >= 0.6 is 0 Å². The Morgan fingerprint density at radius 1 is 0.826 bits per heavy atom. The van der Waals surface area contributed by atoms with Crippen molar-refractivity contribution in [2.24, 2.45) is 5.41 Å². The van der Waals surface area contributed by atoms with E-state index in [4.69, 9.17) is 27.8 Å². The molecule has 1 saturated heterocycles. The third kappa shape index (κ3) is 8.25. The Morgan fingerprint density at radius 2 is 1.35 bits per heavy atom. The van der Waals surface area contributed by atoms with E-state index < -0.39 is 46.5 Å². The van der Waals surface area contributed by atoms with Crippen molar-refractivity contribution >= 4 is 33.0 Å². The molecule has 9 heteroatoms. The van der Waals surface area contributed by atoms with Gasteiger partial charge in [-0.2, -0.15) is 0 Å². The molecule has 250 valence electrons. The molecular weight excluding hydrogens is 613 g/mol. The number of methoxy groups -OCH3 is 1. The summed E-state index contributed by atoms with van der Waals surface area (Å²) in [7, 11) is -3.65. The van der Waals surface area contributed by atoms with Crippen LogP contribution in [0.3, 0.4) is 0 Å². The maximum atomic E-state index is 13.2. The van der Waals surface area contributed by atoms with Crippen LogP contribution < -0.4 is 10.4 Å². The maximum absolute atomic E-state index is 13.2. The summed E-state index contributed by atoms with van der Waals surface area (Å²) in [5.74, 6) is -0.368. The fourth-order valence-electron chi connectivity index (χ4n) is 6.33. The molecule has 3 aromatic rings. The lowest BCUT2D eigenvalue weighted by Crippen LogP contribution is -2.68. The van der Waals surface area contributed by atoms with Gasteiger partial charge in [-0.3, -0.25) is 4.79 Å². The SMILES string of the molecule is COC(=O)C(C)(C)[C@H](O[Si](C)(C)C)[C@H]1OCO[C@H](CO[Si](c2ccccc2)(c2ccccc2)C(C)(C)C)[C@H]1OCc1ccccc1. The first-order valence-electron chi connectivity index (χ1n) is 16.1. The average molecular weight is 665 g/mol. The van der Waals surface area contributed by atoms with Crippen LogP contribution in [0.4, 0.5) is 0 Å². The highest BCUT2D eigenvalue weighted by molar-refractivity contribution is 6.99. The van der Waals surface area contributed by atoms with E-state index in [0.29, 0.717) is 6.61 Å². The Hall–Kier alpha value is -2.64. The molecule has 0 unspecified atom stereocenters. The van der Waals surface area contributed by atoms with Gasteiger partial charge in [-0.1, -0.05) is 112 Å². The zero-order valence-corrected chi connectivity index (χ0v) is 30.9. The van der Waals surface area contributed by atoms with Crippen LogP contribution in [-0.4, -0.2) is 67.5 Å². The lowest BCUT2D eigenvalue weighted by molar-refractivity contribution is -0.276. The van der Waals surface area contributed by atoms with Crippen LogP contribution in [0.1, 0.15) is 40.2 Å². The van der Waals surface area contributed by atoms with Gasteiger partial charge in [0.1, 0.15) is 25.1 Å². The second-order valence-corrected chi connectivity index (χ2v) is 23.3. The first-order valence-corrected chi connectivity index (χ1v) is 21.4. The number of carbonyl (C=O) groups is 1. The molecule has 3 aromatic carbocycles. The Kier molecular flexibility index (Phi) is 11.9. The molecule has 0 radical (unpaired) electrons. The van der Waals surface area contributed by atoms with E-state index >= 15 is 0 Å². The number of hydrogen-bond donors (Lipinski definition) is 0. The number of benzene rings is 3. The van der Waals surface area contributed by atoms with E-state index in [1.54, 1.807) is 0 Å². The van der Waals surface area contributed by atoms with Gasteiger partial charge in [0, 0.05) is 0 Å². The topological polar surface area (TPSA) is 72.5 Å². The van der Waals surface area contributed by atoms with Crippen molar-refractivity contribution in [1.82, 2.24) is 0 Å². The van der Waals surface area contributed by atoms with Gasteiger partial charge in [-0.15, -0.1) is 0 Å². The van der Waals surface area contributed by atoms with Crippen molar-refractivity contribution in [1.29, 1.82) is 0 Å². The molecule has 1 aliphatic rings. The van der Waals surface area contributed by atoms with Crippen LogP contribution in [-0.2, 0) is 39.2 Å². The van der Waals surface area contributed by atoms with Crippen molar-refractivity contribution in [2.45, 2.75) is 90.3 Å². The van der Waals surface area contributed by atoms with Gasteiger partial charge in [0.05, 0.1) is 31.8 Å². The monoisotopic (exact) mass is 664 g/mol. The average Bonchev–Trinajstić information content (AvgIpc) is 3.03. The molecule has 46 heavy (non-hydrogen) atoms. The summed E-state index contributed by atoms with van der Waals surface area (Å²) in [5.41, 5.74) is 0.00259. The lowest BCUT2D eigenvalue weighted by Gasteiger charge is -2.48. The fourth-order valence-corrected chi connectivity index (χ4v) is 12.1. The predicted octanol–water partition coefficient (Wildman–Crippen LogP) is 6.31. The molecule has 1 aliphatic heterocycles. The van der Waals surface area contributed by atoms with E-state index in [9.17, 15) is 4.79 Å². The minimum atomic E-state index is -2.87. The normalized spacial score (nSPS) is 20.2. The number of carbonyl (C=O) groups excluding carboxylic acids is 1. The zero-order chi connectivity index (χ0) is 33.6. The minimum Gasteiger partial charge on any atom is -0.469 e. The first kappa shape index (κ1) is 36.2. The van der Waals surface area contributed by atoms with Gasteiger partial charge in [0.25, 0.3) is 8.32 Å². The van der Waals surface area contributed by atoms with Crippen molar-refractivity contribution in [2.75, 3.05) is 20.5 Å². The van der Waals surface area contributed by atoms with E-state index in [-0.39, 0.29) is 24.4 Å². The Bertz CT molecular complexity index is 1330. The van der Waals surface area contributed by atoms with Crippen LogP contribution in [0.15, 0.2) is 91.0 Å². The second kappa shape index (κ2) is 15.1. The van der Waals surface area contributed by atoms with Crippen molar-refractivity contribution < 1.29 is 32.6 Å². The van der Waals surface area contributed by atoms with Crippen LogP contribution in [0, 0.1) is 5.41 Å². The Morgan fingerprint density at radius 3 is 1.83 bits per heavy atom. The summed E-state index contributed by atoms with van der Waals surface area (Å²) >= 11 is 0. The Labute approximate surface area is 277 Å². The molecule has 0 bridgehead atoms. The number of rotatable bonds is 13. The van der Waals surface area contributed by atoms with Crippen molar-refractivity contribution in [3.8, 4) is 0 Å². The summed E-state index contributed by atoms with van der Waals surface area (Å²) in [6.45, 7) is 17.4. The van der Waals surface area contributed by atoms with Crippen LogP contribution in [0.5, 0.6) is 0 Å². The molecule has 0 N–H and O–H groups in total. The van der Waals surface area contributed by atoms with E-state index in [0.717, 1.165) is 5.56 Å². The van der Waals surface area contributed by atoms with Crippen molar-refractivity contribution in [3.05, 3.63) is 96.6 Å². The van der Waals surface area contributed by atoms with Gasteiger partial charge in [0.15, 0.2) is 8.32 Å². The molecule has 4 atom stereocenters. The largest absolute Gasteiger partial charge is 0.469 e. The molecule has 0 amide bonds. The molecule has 0 saturated carbocycles. The predicted molar refractivity (Wildman–Crippen MR) is 187 cm³/mol. The fraction of sp³-hybridized carbons (Fsp3) is 0.486. The smallest absolute Gasteiger partial charge is 0.313 e. The zero-order valence-electron chi connectivity index (χ0n) is 28.9. The standard InChI is InChI=1S/C37H52O7Si2/c1-36(2,3)46(29-21-15-11-16-22-29,30-23-17-12-18-24-30)43-26-31-32(40-25-28-19-13-10-14-20-28)33(42-27-41-31)34(44-45(7,8)9)37(4,5)35(38)39-6/h10-24,31-34H,25-27H2,1-9H3/t31-,32-,33+,34-/m1/s1. The van der Waals surface area contributed by atoms with E-state index in [1.165, 1.54) is 17.5 Å². The summed E-state index contributed by atoms with van der Waals surface area (Å²) < 4.78 is 38.8. The van der Waals surface area contributed by atoms with E-state index in [2.05, 4.69) is 88.9 Å². The number of hydrogen-bond acceptors (Lipinski definition) is 7. The summed E-state index contributed by atoms with van der Waals surface area (Å²) in [5, 5.41) is 2.16. The van der Waals surface area contributed by atoms with E-state index in [1.807, 2.05) is 56.3 Å². The summed E-state index contributed by atoms with van der Waals surface area (Å²) in [6, 6.07) is 31.1. The molecular formula is C37H52O7Si2. The second-order valence-electron chi connectivity index (χ2n) is 14.6. The first-order chi connectivity index (χ1) is 21.7. The molecule has 1 fully saturated rings. The highest BCUT2D eigenvalue weighted by Crippen LogP contribution is 2.39. The molecule has 0 spiro atoms. The maximum Gasteiger partial charge on any atom is 0.313 e. The Balaban J connectivity index is 1.77. The molecule has 0 aromatic heterocycles. The quantitative estimate of drug-likeness (QED) is 0.157. The highest BCUT2D eigenvalue weighted by Gasteiger charge is 2.54. The summed E-state index contributed by atoms with van der Waals surface area (Å²) in [4.78, 5) is 13.2. The van der Waals surface area contributed by atoms with Gasteiger partial charge in [-0.25, -0.2) is 0 Å². The number of ether oxygens (including phenoxy) is 4.